The first-order valence-electron chi connectivity index (χ1n) is 5.32. The van der Waals surface area contributed by atoms with Crippen molar-refractivity contribution in [3.8, 4) is 0 Å². The van der Waals surface area contributed by atoms with Crippen LogP contribution in [-0.2, 0) is 10.0 Å². The van der Waals surface area contributed by atoms with Gasteiger partial charge in [-0.1, -0.05) is 11.6 Å². The van der Waals surface area contributed by atoms with E-state index in [2.05, 4.69) is 20.7 Å². The highest BCUT2D eigenvalue weighted by Gasteiger charge is 2.18. The van der Waals surface area contributed by atoms with Crippen molar-refractivity contribution in [2.24, 2.45) is 0 Å². The van der Waals surface area contributed by atoms with E-state index in [-0.39, 0.29) is 20.1 Å². The molecule has 0 radical (unpaired) electrons. The predicted octanol–water partition coefficient (Wildman–Crippen LogP) is 3.62. The average Bonchev–Trinajstić information content (AvgIpc) is 2.33. The van der Waals surface area contributed by atoms with Crippen molar-refractivity contribution in [2.75, 3.05) is 10.5 Å². The summed E-state index contributed by atoms with van der Waals surface area (Å²) < 4.78 is 39.9. The number of hydrogen-bond acceptors (Lipinski definition) is 3. The lowest BCUT2D eigenvalue weighted by Gasteiger charge is -2.10. The predicted molar refractivity (Wildman–Crippen MR) is 80.8 cm³/mol. The van der Waals surface area contributed by atoms with Gasteiger partial charge in [0.1, 0.15) is 10.7 Å². The third-order valence-corrected chi connectivity index (χ3v) is 4.89. The molecule has 2 rings (SSSR count). The summed E-state index contributed by atoms with van der Waals surface area (Å²) in [6, 6.07) is 7.85. The van der Waals surface area contributed by atoms with Gasteiger partial charge in [0.15, 0.2) is 0 Å². The molecule has 0 atom stereocenters. The van der Waals surface area contributed by atoms with Crippen LogP contribution in [0.2, 0.25) is 5.02 Å². The molecule has 0 aliphatic rings. The van der Waals surface area contributed by atoms with Crippen molar-refractivity contribution in [1.29, 1.82) is 0 Å². The molecular weight excluding hydrogens is 371 g/mol. The van der Waals surface area contributed by atoms with Crippen LogP contribution in [0.1, 0.15) is 0 Å². The fraction of sp³-hybridized carbons (Fsp3) is 0. The van der Waals surface area contributed by atoms with E-state index >= 15 is 0 Å². The SMILES string of the molecule is Nc1ccc(S(=O)(=O)Nc2ccc(F)c(Br)c2)c(Cl)c1. The summed E-state index contributed by atoms with van der Waals surface area (Å²) in [6.07, 6.45) is 0. The molecule has 4 nitrogen and oxygen atoms in total. The molecule has 106 valence electrons. The molecule has 0 spiro atoms. The Bertz CT molecular complexity index is 768. The Morgan fingerprint density at radius 3 is 2.50 bits per heavy atom. The van der Waals surface area contributed by atoms with Crippen LogP contribution >= 0.6 is 27.5 Å². The Morgan fingerprint density at radius 2 is 1.90 bits per heavy atom. The fourth-order valence-corrected chi connectivity index (χ4v) is 3.49. The number of benzene rings is 2. The molecule has 3 N–H and O–H groups in total. The zero-order valence-electron chi connectivity index (χ0n) is 9.90. The quantitative estimate of drug-likeness (QED) is 0.800. The van der Waals surface area contributed by atoms with Crippen LogP contribution < -0.4 is 10.5 Å². The number of sulfonamides is 1. The van der Waals surface area contributed by atoms with Crippen LogP contribution in [0.5, 0.6) is 0 Å². The van der Waals surface area contributed by atoms with Gasteiger partial charge in [-0.05, 0) is 52.3 Å². The summed E-state index contributed by atoms with van der Waals surface area (Å²) in [5.41, 5.74) is 6.09. The van der Waals surface area contributed by atoms with Crippen molar-refractivity contribution in [1.82, 2.24) is 0 Å². The van der Waals surface area contributed by atoms with E-state index in [0.717, 1.165) is 6.07 Å². The number of hydrogen-bond donors (Lipinski definition) is 2. The van der Waals surface area contributed by atoms with Crippen LogP contribution in [0.25, 0.3) is 0 Å². The number of nitrogens with one attached hydrogen (secondary N) is 1. The van der Waals surface area contributed by atoms with Crippen molar-refractivity contribution in [3.63, 3.8) is 0 Å². The molecule has 8 heteroatoms. The van der Waals surface area contributed by atoms with Gasteiger partial charge in [0.05, 0.1) is 15.2 Å². The number of anilines is 2. The topological polar surface area (TPSA) is 72.2 Å². The summed E-state index contributed by atoms with van der Waals surface area (Å²) in [5.74, 6) is -0.488. The molecule has 0 unspecified atom stereocenters. The van der Waals surface area contributed by atoms with E-state index in [1.807, 2.05) is 0 Å². The summed E-state index contributed by atoms with van der Waals surface area (Å²) >= 11 is 8.85. The molecule has 0 heterocycles. The van der Waals surface area contributed by atoms with E-state index in [1.165, 1.54) is 30.3 Å². The Hall–Kier alpha value is -1.31. The molecule has 0 saturated heterocycles. The zero-order chi connectivity index (χ0) is 14.9. The Balaban J connectivity index is 2.38. The van der Waals surface area contributed by atoms with Crippen molar-refractivity contribution in [2.45, 2.75) is 4.90 Å². The maximum Gasteiger partial charge on any atom is 0.263 e. The van der Waals surface area contributed by atoms with E-state index in [4.69, 9.17) is 17.3 Å². The second-order valence-corrected chi connectivity index (χ2v) is 6.84. The van der Waals surface area contributed by atoms with Gasteiger partial charge in [-0.2, -0.15) is 0 Å². The normalized spacial score (nSPS) is 11.3. The van der Waals surface area contributed by atoms with Crippen molar-refractivity contribution >= 4 is 48.9 Å². The highest BCUT2D eigenvalue weighted by molar-refractivity contribution is 9.10. The van der Waals surface area contributed by atoms with Crippen LogP contribution in [0.3, 0.4) is 0 Å². The van der Waals surface area contributed by atoms with Gasteiger partial charge in [0.25, 0.3) is 10.0 Å². The Kier molecular flexibility index (Phi) is 4.22. The van der Waals surface area contributed by atoms with Gasteiger partial charge in [-0.3, -0.25) is 4.72 Å². The molecule has 20 heavy (non-hydrogen) atoms. The maximum atomic E-state index is 13.1. The molecule has 0 saturated carbocycles. The standard InChI is InChI=1S/C12H9BrClFN2O2S/c13-9-6-8(2-3-11(9)15)17-20(18,19)12-4-1-7(16)5-10(12)14/h1-6,17H,16H2. The lowest BCUT2D eigenvalue weighted by atomic mass is 10.3. The van der Waals surface area contributed by atoms with E-state index in [0.29, 0.717) is 5.69 Å². The monoisotopic (exact) mass is 378 g/mol. The second-order valence-electron chi connectivity index (χ2n) is 3.92. The number of halogens is 3. The first-order chi connectivity index (χ1) is 9.29. The zero-order valence-corrected chi connectivity index (χ0v) is 13.1. The van der Waals surface area contributed by atoms with Crippen molar-refractivity contribution < 1.29 is 12.8 Å². The summed E-state index contributed by atoms with van der Waals surface area (Å²) in [7, 11) is -3.87. The lowest BCUT2D eigenvalue weighted by Crippen LogP contribution is -2.13. The van der Waals surface area contributed by atoms with Gasteiger partial charge < -0.3 is 5.73 Å². The Labute approximate surface area is 128 Å². The van der Waals surface area contributed by atoms with E-state index in [9.17, 15) is 12.8 Å². The molecule has 0 aliphatic heterocycles. The first-order valence-corrected chi connectivity index (χ1v) is 7.98. The Morgan fingerprint density at radius 1 is 1.20 bits per heavy atom. The highest BCUT2D eigenvalue weighted by atomic mass is 79.9. The average molecular weight is 380 g/mol. The second kappa shape index (κ2) is 5.59. The van der Waals surface area contributed by atoms with Gasteiger partial charge in [-0.25, -0.2) is 12.8 Å². The minimum atomic E-state index is -3.87. The molecule has 0 fully saturated rings. The maximum absolute atomic E-state index is 13.1. The third kappa shape index (κ3) is 3.23. The van der Waals surface area contributed by atoms with E-state index < -0.39 is 15.8 Å². The van der Waals surface area contributed by atoms with Gasteiger partial charge >= 0.3 is 0 Å². The van der Waals surface area contributed by atoms with Gasteiger partial charge in [0, 0.05) is 5.69 Å². The molecule has 0 aromatic heterocycles. The van der Waals surface area contributed by atoms with Crippen LogP contribution in [0.15, 0.2) is 45.8 Å². The molecule has 0 amide bonds. The number of rotatable bonds is 3. The molecular formula is C12H9BrClFN2O2S. The minimum Gasteiger partial charge on any atom is -0.399 e. The number of nitrogen functional groups attached to an aromatic ring is 1. The summed E-state index contributed by atoms with van der Waals surface area (Å²) in [4.78, 5) is -0.103. The van der Waals surface area contributed by atoms with E-state index in [1.54, 1.807) is 0 Å². The summed E-state index contributed by atoms with van der Waals surface area (Å²) in [5, 5.41) is 0.0127. The molecule has 0 bridgehead atoms. The third-order valence-electron chi connectivity index (χ3n) is 2.42. The van der Waals surface area contributed by atoms with Gasteiger partial charge in [0.2, 0.25) is 0 Å². The largest absolute Gasteiger partial charge is 0.399 e. The fourth-order valence-electron chi connectivity index (χ4n) is 1.50. The highest BCUT2D eigenvalue weighted by Crippen LogP contribution is 2.27. The molecule has 2 aromatic rings. The van der Waals surface area contributed by atoms with Crippen LogP contribution in [0.4, 0.5) is 15.8 Å². The van der Waals surface area contributed by atoms with Gasteiger partial charge in [-0.15, -0.1) is 0 Å². The number of nitrogens with two attached hydrogens (primary N) is 1. The lowest BCUT2D eigenvalue weighted by molar-refractivity contribution is 0.601. The molecule has 0 aliphatic carbocycles. The minimum absolute atomic E-state index is 0.0127. The molecule has 2 aromatic carbocycles. The summed E-state index contributed by atoms with van der Waals surface area (Å²) in [6.45, 7) is 0. The first kappa shape index (κ1) is 15.1. The van der Waals surface area contributed by atoms with Crippen molar-refractivity contribution in [3.05, 3.63) is 51.7 Å². The van der Waals surface area contributed by atoms with Crippen LogP contribution in [-0.4, -0.2) is 8.42 Å². The van der Waals surface area contributed by atoms with Crippen LogP contribution in [0, 0.1) is 5.82 Å². The smallest absolute Gasteiger partial charge is 0.263 e.